The zero-order valence-electron chi connectivity index (χ0n) is 16.1. The molecule has 1 aliphatic heterocycles. The number of para-hydroxylation sites is 1. The molecule has 5 rings (SSSR count). The molecule has 1 aromatic carbocycles. The lowest BCUT2D eigenvalue weighted by Gasteiger charge is -2.54. The standard InChI is InChI=1S/C24H30N2/c1-3-18-13-19-12-17(2)24(20(14-18)15-19)16-26(21-8-5-4-6-9-21)23-22(24)10-7-11-25-23/h4-11,17-20H,3,12-16H2,1-2H3. The Morgan fingerprint density at radius 1 is 1.04 bits per heavy atom. The first-order valence-electron chi connectivity index (χ1n) is 10.5. The normalized spacial score (nSPS) is 35.5. The first kappa shape index (κ1) is 16.4. The largest absolute Gasteiger partial charge is 0.325 e. The molecule has 1 aromatic heterocycles. The van der Waals surface area contributed by atoms with Crippen LogP contribution in [0, 0.1) is 23.7 Å². The zero-order chi connectivity index (χ0) is 17.7. The second kappa shape index (κ2) is 6.11. The highest BCUT2D eigenvalue weighted by atomic mass is 15.2. The van der Waals surface area contributed by atoms with Crippen molar-refractivity contribution in [2.75, 3.05) is 11.4 Å². The third kappa shape index (κ3) is 2.27. The zero-order valence-corrected chi connectivity index (χ0v) is 16.1. The van der Waals surface area contributed by atoms with Crippen LogP contribution in [0.4, 0.5) is 11.5 Å². The van der Waals surface area contributed by atoms with Crippen molar-refractivity contribution < 1.29 is 0 Å². The summed E-state index contributed by atoms with van der Waals surface area (Å²) in [7, 11) is 0. The van der Waals surface area contributed by atoms with E-state index < -0.39 is 0 Å². The van der Waals surface area contributed by atoms with E-state index in [9.17, 15) is 0 Å². The van der Waals surface area contributed by atoms with E-state index >= 15 is 0 Å². The van der Waals surface area contributed by atoms with E-state index in [0.29, 0.717) is 0 Å². The Morgan fingerprint density at radius 2 is 1.88 bits per heavy atom. The molecule has 2 heteroatoms. The maximum Gasteiger partial charge on any atom is 0.136 e. The van der Waals surface area contributed by atoms with Gasteiger partial charge in [-0.05, 0) is 67.6 Å². The molecule has 2 aromatic rings. The maximum absolute atomic E-state index is 4.87. The minimum absolute atomic E-state index is 0.282. The molecule has 3 aliphatic rings. The van der Waals surface area contributed by atoms with Crippen LogP contribution in [0.5, 0.6) is 0 Å². The highest BCUT2D eigenvalue weighted by Crippen LogP contribution is 2.61. The average molecular weight is 347 g/mol. The first-order valence-corrected chi connectivity index (χ1v) is 10.5. The van der Waals surface area contributed by atoms with Crippen LogP contribution in [0.2, 0.25) is 0 Å². The van der Waals surface area contributed by atoms with Gasteiger partial charge in [-0.25, -0.2) is 4.98 Å². The molecular weight excluding hydrogens is 316 g/mol. The van der Waals surface area contributed by atoms with E-state index in [1.54, 1.807) is 0 Å². The summed E-state index contributed by atoms with van der Waals surface area (Å²) in [5.41, 5.74) is 3.10. The van der Waals surface area contributed by atoms with Crippen LogP contribution < -0.4 is 4.90 Å². The van der Waals surface area contributed by atoms with Crippen molar-refractivity contribution in [2.45, 2.75) is 51.4 Å². The number of fused-ring (bicyclic) bond motifs is 5. The minimum atomic E-state index is 0.282. The molecule has 26 heavy (non-hydrogen) atoms. The predicted molar refractivity (Wildman–Crippen MR) is 108 cm³/mol. The Balaban J connectivity index is 1.62. The van der Waals surface area contributed by atoms with Gasteiger partial charge in [0.25, 0.3) is 0 Å². The molecule has 2 bridgehead atoms. The Morgan fingerprint density at radius 3 is 2.69 bits per heavy atom. The SMILES string of the molecule is CCC1CC2CC(C)C3(CN(c4ccccc4)c4ncccc43)C(C1)C2. The lowest BCUT2D eigenvalue weighted by Crippen LogP contribution is -2.51. The molecule has 0 N–H and O–H groups in total. The van der Waals surface area contributed by atoms with E-state index in [0.717, 1.165) is 30.2 Å². The van der Waals surface area contributed by atoms with Crippen LogP contribution in [0.15, 0.2) is 48.7 Å². The van der Waals surface area contributed by atoms with E-state index in [1.807, 2.05) is 6.20 Å². The summed E-state index contributed by atoms with van der Waals surface area (Å²) >= 11 is 0. The first-order chi connectivity index (χ1) is 12.7. The van der Waals surface area contributed by atoms with Gasteiger partial charge < -0.3 is 4.90 Å². The van der Waals surface area contributed by atoms with E-state index in [-0.39, 0.29) is 5.41 Å². The summed E-state index contributed by atoms with van der Waals surface area (Å²) in [6.07, 6.45) is 9.02. The number of benzene rings is 1. The van der Waals surface area contributed by atoms with Crippen molar-refractivity contribution in [3.63, 3.8) is 0 Å². The Labute approximate surface area is 157 Å². The molecule has 2 saturated carbocycles. The fourth-order valence-electron chi connectivity index (χ4n) is 6.61. The number of rotatable bonds is 2. The van der Waals surface area contributed by atoms with Gasteiger partial charge in [-0.15, -0.1) is 0 Å². The number of aromatic nitrogens is 1. The van der Waals surface area contributed by atoms with E-state index in [4.69, 9.17) is 4.98 Å². The van der Waals surface area contributed by atoms with Crippen LogP contribution in [0.25, 0.3) is 0 Å². The number of hydrogen-bond donors (Lipinski definition) is 0. The second-order valence-electron chi connectivity index (χ2n) is 9.02. The van der Waals surface area contributed by atoms with Crippen LogP contribution in [-0.2, 0) is 5.41 Å². The van der Waals surface area contributed by atoms with Crippen molar-refractivity contribution in [1.82, 2.24) is 4.98 Å². The fraction of sp³-hybridized carbons (Fsp3) is 0.542. The number of anilines is 2. The molecule has 0 radical (unpaired) electrons. The van der Waals surface area contributed by atoms with Gasteiger partial charge in [0.15, 0.2) is 0 Å². The molecule has 1 spiro atoms. The molecule has 136 valence electrons. The molecule has 2 heterocycles. The lowest BCUT2D eigenvalue weighted by molar-refractivity contribution is 0.0215. The van der Waals surface area contributed by atoms with Crippen molar-refractivity contribution in [3.8, 4) is 0 Å². The number of nitrogens with zero attached hydrogens (tertiary/aromatic N) is 2. The van der Waals surface area contributed by atoms with Gasteiger partial charge >= 0.3 is 0 Å². The Hall–Kier alpha value is -1.83. The van der Waals surface area contributed by atoms with Gasteiger partial charge in [0.2, 0.25) is 0 Å². The fourth-order valence-corrected chi connectivity index (χ4v) is 6.61. The van der Waals surface area contributed by atoms with Gasteiger partial charge in [0, 0.05) is 29.4 Å². The lowest BCUT2D eigenvalue weighted by atomic mass is 9.51. The molecular formula is C24H30N2. The number of hydrogen-bond acceptors (Lipinski definition) is 2. The van der Waals surface area contributed by atoms with Crippen LogP contribution in [-0.4, -0.2) is 11.5 Å². The van der Waals surface area contributed by atoms with E-state index in [1.165, 1.54) is 49.2 Å². The van der Waals surface area contributed by atoms with Gasteiger partial charge in [0.1, 0.15) is 5.82 Å². The van der Waals surface area contributed by atoms with Crippen molar-refractivity contribution in [3.05, 3.63) is 54.2 Å². The summed E-state index contributed by atoms with van der Waals surface area (Å²) in [5, 5.41) is 0. The second-order valence-corrected chi connectivity index (χ2v) is 9.02. The van der Waals surface area contributed by atoms with Crippen molar-refractivity contribution >= 4 is 11.5 Å². The van der Waals surface area contributed by atoms with Gasteiger partial charge in [-0.2, -0.15) is 0 Å². The summed E-state index contributed by atoms with van der Waals surface area (Å²) in [6, 6.07) is 15.4. The Bertz CT molecular complexity index is 784. The minimum Gasteiger partial charge on any atom is -0.325 e. The van der Waals surface area contributed by atoms with Crippen LogP contribution in [0.1, 0.15) is 51.5 Å². The molecule has 5 unspecified atom stereocenters. The number of pyridine rings is 1. The van der Waals surface area contributed by atoms with Crippen LogP contribution >= 0.6 is 0 Å². The average Bonchev–Trinajstić information content (AvgIpc) is 3.04. The summed E-state index contributed by atoms with van der Waals surface area (Å²) in [5.74, 6) is 4.63. The summed E-state index contributed by atoms with van der Waals surface area (Å²) in [6.45, 7) is 6.03. The monoisotopic (exact) mass is 346 g/mol. The van der Waals surface area contributed by atoms with Gasteiger partial charge in [0.05, 0.1) is 0 Å². The van der Waals surface area contributed by atoms with Crippen molar-refractivity contribution in [2.24, 2.45) is 23.7 Å². The third-order valence-corrected chi connectivity index (χ3v) is 7.81. The van der Waals surface area contributed by atoms with Crippen LogP contribution in [0.3, 0.4) is 0 Å². The molecule has 2 fully saturated rings. The smallest absolute Gasteiger partial charge is 0.136 e. The highest BCUT2D eigenvalue weighted by molar-refractivity contribution is 5.69. The van der Waals surface area contributed by atoms with Crippen molar-refractivity contribution in [1.29, 1.82) is 0 Å². The summed E-state index contributed by atoms with van der Waals surface area (Å²) in [4.78, 5) is 7.37. The Kier molecular flexibility index (Phi) is 3.84. The molecule has 2 aliphatic carbocycles. The third-order valence-electron chi connectivity index (χ3n) is 7.81. The summed E-state index contributed by atoms with van der Waals surface area (Å²) < 4.78 is 0. The molecule has 0 amide bonds. The topological polar surface area (TPSA) is 16.1 Å². The quantitative estimate of drug-likeness (QED) is 0.667. The molecule has 0 saturated heterocycles. The maximum atomic E-state index is 4.87. The molecule has 2 nitrogen and oxygen atoms in total. The van der Waals surface area contributed by atoms with Gasteiger partial charge in [-0.1, -0.05) is 44.5 Å². The van der Waals surface area contributed by atoms with Gasteiger partial charge in [-0.3, -0.25) is 0 Å². The molecule has 5 atom stereocenters. The predicted octanol–water partition coefficient (Wildman–Crippen LogP) is 5.95. The van der Waals surface area contributed by atoms with E-state index in [2.05, 4.69) is 61.2 Å². The highest BCUT2D eigenvalue weighted by Gasteiger charge is 2.56.